The van der Waals surface area contributed by atoms with Crippen molar-refractivity contribution in [2.45, 2.75) is 12.6 Å². The van der Waals surface area contributed by atoms with Gasteiger partial charge in [-0.15, -0.1) is 16.8 Å². The highest BCUT2D eigenvalue weighted by molar-refractivity contribution is 5.42. The lowest BCUT2D eigenvalue weighted by atomic mass is 10.0. The molecule has 0 bridgehead atoms. The highest BCUT2D eigenvalue weighted by atomic mass is 16.3. The molecule has 2 rings (SSSR count). The maximum Gasteiger partial charge on any atom is 0.125 e. The second-order valence-corrected chi connectivity index (χ2v) is 3.70. The molecule has 17 heavy (non-hydrogen) atoms. The van der Waals surface area contributed by atoms with E-state index in [4.69, 9.17) is 5.73 Å². The second-order valence-electron chi connectivity index (χ2n) is 3.70. The molecule has 5 nitrogen and oxygen atoms in total. The number of benzene rings is 1. The number of hydrogen-bond acceptors (Lipinski definition) is 4. The van der Waals surface area contributed by atoms with Gasteiger partial charge in [0.2, 0.25) is 0 Å². The summed E-state index contributed by atoms with van der Waals surface area (Å²) >= 11 is 0. The Morgan fingerprint density at radius 1 is 1.41 bits per heavy atom. The van der Waals surface area contributed by atoms with Crippen LogP contribution in [-0.4, -0.2) is 19.9 Å². The number of aromatic nitrogens is 3. The lowest BCUT2D eigenvalue weighted by Crippen LogP contribution is -2.19. The van der Waals surface area contributed by atoms with E-state index in [0.29, 0.717) is 12.0 Å². The predicted octanol–water partition coefficient (Wildman–Crippen LogP) is 1.22. The van der Waals surface area contributed by atoms with Crippen LogP contribution in [0.25, 0.3) is 0 Å². The van der Waals surface area contributed by atoms with E-state index in [1.165, 1.54) is 12.7 Å². The van der Waals surface area contributed by atoms with Crippen molar-refractivity contribution in [3.8, 4) is 5.75 Å². The molecule has 1 aromatic heterocycles. The van der Waals surface area contributed by atoms with Crippen molar-refractivity contribution in [3.05, 3.63) is 54.6 Å². The number of phenolic OH excluding ortho intramolecular Hbond substituents is 1. The van der Waals surface area contributed by atoms with Crippen LogP contribution in [0.3, 0.4) is 0 Å². The zero-order valence-corrected chi connectivity index (χ0v) is 9.32. The van der Waals surface area contributed by atoms with Crippen molar-refractivity contribution in [1.29, 1.82) is 0 Å². The van der Waals surface area contributed by atoms with E-state index in [0.717, 1.165) is 5.56 Å². The van der Waals surface area contributed by atoms with E-state index in [1.807, 2.05) is 12.1 Å². The molecule has 0 spiro atoms. The maximum absolute atomic E-state index is 10.1. The van der Waals surface area contributed by atoms with Crippen LogP contribution in [0.4, 0.5) is 0 Å². The first kappa shape index (κ1) is 11.3. The molecule has 0 aliphatic rings. The Hall–Kier alpha value is -2.14. The van der Waals surface area contributed by atoms with E-state index in [-0.39, 0.29) is 5.75 Å². The predicted molar refractivity (Wildman–Crippen MR) is 64.4 cm³/mol. The fourth-order valence-electron chi connectivity index (χ4n) is 1.68. The fraction of sp³-hybridized carbons (Fsp3) is 0.167. The topological polar surface area (TPSA) is 77.0 Å². The third kappa shape index (κ3) is 2.19. The molecule has 0 aliphatic carbocycles. The van der Waals surface area contributed by atoms with Crippen LogP contribution >= 0.6 is 0 Å². The van der Waals surface area contributed by atoms with Gasteiger partial charge < -0.3 is 10.8 Å². The quantitative estimate of drug-likeness (QED) is 0.774. The van der Waals surface area contributed by atoms with Crippen molar-refractivity contribution >= 4 is 0 Å². The molecule has 1 heterocycles. The third-order valence-electron chi connectivity index (χ3n) is 2.59. The van der Waals surface area contributed by atoms with Crippen LogP contribution in [0.1, 0.15) is 17.3 Å². The highest BCUT2D eigenvalue weighted by Crippen LogP contribution is 2.27. The summed E-state index contributed by atoms with van der Waals surface area (Å²) in [4.78, 5) is 0. The summed E-state index contributed by atoms with van der Waals surface area (Å²) in [6.07, 6.45) is 4.89. The van der Waals surface area contributed by atoms with Gasteiger partial charge in [-0.25, -0.2) is 0 Å². The monoisotopic (exact) mass is 230 g/mol. The molecule has 0 saturated heterocycles. The molecule has 0 amide bonds. The summed E-state index contributed by atoms with van der Waals surface area (Å²) in [7, 11) is 0. The Kier molecular flexibility index (Phi) is 3.20. The number of allylic oxidation sites excluding steroid dienone is 1. The number of nitrogens with two attached hydrogens (primary N) is 1. The van der Waals surface area contributed by atoms with Crippen LogP contribution in [0.15, 0.2) is 43.5 Å². The lowest BCUT2D eigenvalue weighted by Gasteiger charge is -2.16. The van der Waals surface area contributed by atoms with Gasteiger partial charge in [0.15, 0.2) is 0 Å². The van der Waals surface area contributed by atoms with E-state index in [9.17, 15) is 5.11 Å². The standard InChI is InChI=1S/C12H14N4O/c1-2-4-9-5-3-6-10(11(9)17)12(13)16-7-14-15-8-16/h2-3,5-8,12,17H,1,4,13H2. The molecule has 0 radical (unpaired) electrons. The van der Waals surface area contributed by atoms with Gasteiger partial charge in [-0.1, -0.05) is 24.3 Å². The van der Waals surface area contributed by atoms with Gasteiger partial charge in [0.05, 0.1) is 0 Å². The Balaban J connectivity index is 2.38. The molecule has 0 fully saturated rings. The minimum Gasteiger partial charge on any atom is -0.507 e. The van der Waals surface area contributed by atoms with Crippen molar-refractivity contribution in [3.63, 3.8) is 0 Å². The number of aromatic hydroxyl groups is 1. The molecule has 0 saturated carbocycles. The van der Waals surface area contributed by atoms with Crippen molar-refractivity contribution < 1.29 is 5.11 Å². The molecule has 2 aromatic rings. The number of para-hydroxylation sites is 1. The molecule has 1 unspecified atom stereocenters. The van der Waals surface area contributed by atoms with Crippen LogP contribution in [-0.2, 0) is 6.42 Å². The maximum atomic E-state index is 10.1. The number of hydrogen-bond donors (Lipinski definition) is 2. The Morgan fingerprint density at radius 3 is 2.76 bits per heavy atom. The van der Waals surface area contributed by atoms with Crippen molar-refractivity contribution in [2.75, 3.05) is 0 Å². The number of nitrogens with zero attached hydrogens (tertiary/aromatic N) is 3. The summed E-state index contributed by atoms with van der Waals surface area (Å²) < 4.78 is 1.63. The summed E-state index contributed by atoms with van der Waals surface area (Å²) in [5.74, 6) is 0.202. The molecule has 5 heteroatoms. The van der Waals surface area contributed by atoms with Gasteiger partial charge in [-0.2, -0.15) is 0 Å². The Bertz CT molecular complexity index is 507. The SMILES string of the molecule is C=CCc1cccc(C(N)n2cnnc2)c1O. The van der Waals surface area contributed by atoms with Gasteiger partial charge >= 0.3 is 0 Å². The highest BCUT2D eigenvalue weighted by Gasteiger charge is 2.14. The van der Waals surface area contributed by atoms with Crippen LogP contribution < -0.4 is 5.73 Å². The molecule has 88 valence electrons. The first-order chi connectivity index (χ1) is 8.24. The van der Waals surface area contributed by atoms with Gasteiger partial charge in [-0.3, -0.25) is 4.57 Å². The molecular weight excluding hydrogens is 216 g/mol. The van der Waals surface area contributed by atoms with Gasteiger partial charge in [0.1, 0.15) is 24.6 Å². The summed E-state index contributed by atoms with van der Waals surface area (Å²) in [5.41, 5.74) is 7.47. The van der Waals surface area contributed by atoms with Crippen LogP contribution in [0.2, 0.25) is 0 Å². The van der Waals surface area contributed by atoms with Gasteiger partial charge in [0, 0.05) is 5.56 Å². The molecule has 3 N–H and O–H groups in total. The van der Waals surface area contributed by atoms with Crippen LogP contribution in [0, 0.1) is 0 Å². The summed E-state index contributed by atoms with van der Waals surface area (Å²) in [5, 5.41) is 17.5. The minimum atomic E-state index is -0.491. The van der Waals surface area contributed by atoms with E-state index >= 15 is 0 Å². The Morgan fingerprint density at radius 2 is 2.12 bits per heavy atom. The zero-order chi connectivity index (χ0) is 12.3. The fourth-order valence-corrected chi connectivity index (χ4v) is 1.68. The Labute approximate surface area is 99.2 Å². The first-order valence-electron chi connectivity index (χ1n) is 5.25. The average Bonchev–Trinajstić information content (AvgIpc) is 2.85. The van der Waals surface area contributed by atoms with Gasteiger partial charge in [0.25, 0.3) is 0 Å². The summed E-state index contributed by atoms with van der Waals surface area (Å²) in [6.45, 7) is 3.65. The van der Waals surface area contributed by atoms with Crippen molar-refractivity contribution in [1.82, 2.24) is 14.8 Å². The number of rotatable bonds is 4. The van der Waals surface area contributed by atoms with E-state index in [1.54, 1.807) is 16.7 Å². The third-order valence-corrected chi connectivity index (χ3v) is 2.59. The van der Waals surface area contributed by atoms with Crippen molar-refractivity contribution in [2.24, 2.45) is 5.73 Å². The number of phenols is 1. The molecule has 0 aliphatic heterocycles. The molecule has 1 atom stereocenters. The normalized spacial score (nSPS) is 12.3. The van der Waals surface area contributed by atoms with Crippen LogP contribution in [0.5, 0.6) is 5.75 Å². The zero-order valence-electron chi connectivity index (χ0n) is 9.32. The lowest BCUT2D eigenvalue weighted by molar-refractivity contribution is 0.449. The average molecular weight is 230 g/mol. The summed E-state index contributed by atoms with van der Waals surface area (Å²) in [6, 6.07) is 5.49. The van der Waals surface area contributed by atoms with E-state index in [2.05, 4.69) is 16.8 Å². The van der Waals surface area contributed by atoms with E-state index < -0.39 is 6.17 Å². The molecule has 1 aromatic carbocycles. The molecular formula is C12H14N4O. The minimum absolute atomic E-state index is 0.202. The second kappa shape index (κ2) is 4.80. The van der Waals surface area contributed by atoms with Gasteiger partial charge in [-0.05, 0) is 12.0 Å². The first-order valence-corrected chi connectivity index (χ1v) is 5.25. The largest absolute Gasteiger partial charge is 0.507 e. The smallest absolute Gasteiger partial charge is 0.125 e.